The van der Waals surface area contributed by atoms with E-state index in [9.17, 15) is 0 Å². The van der Waals surface area contributed by atoms with Crippen LogP contribution < -0.4 is 5.32 Å². The molecule has 3 atom stereocenters. The molecule has 2 rings (SSSR count). The molecule has 11 heavy (non-hydrogen) atoms. The Balaban J connectivity index is 1.99. The number of halogens is 1. The second kappa shape index (κ2) is 3.44. The van der Waals surface area contributed by atoms with Crippen molar-refractivity contribution in [3.8, 4) is 0 Å². The maximum atomic E-state index is 3.77. The van der Waals surface area contributed by atoms with Crippen molar-refractivity contribution in [2.24, 2.45) is 11.8 Å². The van der Waals surface area contributed by atoms with Crippen molar-refractivity contribution in [2.45, 2.75) is 30.5 Å². The van der Waals surface area contributed by atoms with Crippen molar-refractivity contribution in [1.82, 2.24) is 5.32 Å². The van der Waals surface area contributed by atoms with Crippen LogP contribution in [0.5, 0.6) is 0 Å². The van der Waals surface area contributed by atoms with Gasteiger partial charge in [0.15, 0.2) is 0 Å². The van der Waals surface area contributed by atoms with Gasteiger partial charge in [-0.05, 0) is 31.2 Å². The zero-order chi connectivity index (χ0) is 7.68. The predicted molar refractivity (Wildman–Crippen MR) is 51.0 cm³/mol. The Morgan fingerprint density at radius 2 is 1.91 bits per heavy atom. The third-order valence-corrected chi connectivity index (χ3v) is 4.18. The fraction of sp³-hybridized carbons (Fsp3) is 1.00. The summed E-state index contributed by atoms with van der Waals surface area (Å²) in [6.45, 7) is 2.45. The maximum absolute atomic E-state index is 3.77. The molecule has 1 nitrogen and oxygen atoms in total. The highest BCUT2D eigenvalue weighted by Crippen LogP contribution is 2.36. The Labute approximate surface area is 77.1 Å². The lowest BCUT2D eigenvalue weighted by atomic mass is 9.76. The highest BCUT2D eigenvalue weighted by Gasteiger charge is 2.32. The van der Waals surface area contributed by atoms with Crippen LogP contribution in [0.2, 0.25) is 0 Å². The molecule has 64 valence electrons. The molecule has 1 heterocycles. The number of hydrogen-bond donors (Lipinski definition) is 1. The summed E-state index contributed by atoms with van der Waals surface area (Å²) in [5.41, 5.74) is 0. The van der Waals surface area contributed by atoms with Gasteiger partial charge in [-0.2, -0.15) is 0 Å². The number of piperidine rings is 1. The van der Waals surface area contributed by atoms with Gasteiger partial charge in [-0.3, -0.25) is 0 Å². The van der Waals surface area contributed by atoms with Crippen molar-refractivity contribution in [3.63, 3.8) is 0 Å². The topological polar surface area (TPSA) is 12.0 Å². The van der Waals surface area contributed by atoms with E-state index in [1.165, 1.54) is 38.8 Å². The summed E-state index contributed by atoms with van der Waals surface area (Å²) in [5.74, 6) is 1.95. The van der Waals surface area contributed by atoms with Gasteiger partial charge in [-0.1, -0.05) is 28.8 Å². The quantitative estimate of drug-likeness (QED) is 0.614. The van der Waals surface area contributed by atoms with E-state index in [1.807, 2.05) is 0 Å². The summed E-state index contributed by atoms with van der Waals surface area (Å²) < 4.78 is 0. The van der Waals surface area contributed by atoms with E-state index >= 15 is 0 Å². The number of rotatable bonds is 0. The molecular weight excluding hydrogens is 202 g/mol. The Morgan fingerprint density at radius 1 is 1.09 bits per heavy atom. The van der Waals surface area contributed by atoms with Crippen LogP contribution in [-0.2, 0) is 0 Å². The van der Waals surface area contributed by atoms with Gasteiger partial charge in [0.05, 0.1) is 0 Å². The Morgan fingerprint density at radius 3 is 2.73 bits per heavy atom. The van der Waals surface area contributed by atoms with Gasteiger partial charge in [0.2, 0.25) is 0 Å². The van der Waals surface area contributed by atoms with E-state index in [2.05, 4.69) is 21.2 Å². The van der Waals surface area contributed by atoms with Crippen molar-refractivity contribution in [1.29, 1.82) is 0 Å². The molecule has 2 aliphatic rings. The molecule has 0 aromatic heterocycles. The van der Waals surface area contributed by atoms with Gasteiger partial charge < -0.3 is 5.32 Å². The van der Waals surface area contributed by atoms with Crippen LogP contribution in [0.1, 0.15) is 25.7 Å². The highest BCUT2D eigenvalue weighted by molar-refractivity contribution is 9.09. The minimum absolute atomic E-state index is 0.751. The first kappa shape index (κ1) is 8.06. The summed E-state index contributed by atoms with van der Waals surface area (Å²) in [5, 5.41) is 3.49. The van der Waals surface area contributed by atoms with E-state index < -0.39 is 0 Å². The molecule has 2 fully saturated rings. The second-order valence-electron chi connectivity index (χ2n) is 3.88. The van der Waals surface area contributed by atoms with Gasteiger partial charge in [0.1, 0.15) is 0 Å². The first-order valence-corrected chi connectivity index (χ1v) is 5.64. The van der Waals surface area contributed by atoms with Crippen LogP contribution >= 0.6 is 15.9 Å². The number of hydrogen-bond acceptors (Lipinski definition) is 1. The van der Waals surface area contributed by atoms with E-state index in [1.54, 1.807) is 0 Å². The Bertz CT molecular complexity index is 136. The molecule has 0 bridgehead atoms. The normalized spacial score (nSPS) is 45.0. The van der Waals surface area contributed by atoms with Gasteiger partial charge in [0.25, 0.3) is 0 Å². The first-order chi connectivity index (χ1) is 5.38. The fourth-order valence-corrected chi connectivity index (χ4v) is 3.45. The van der Waals surface area contributed by atoms with Gasteiger partial charge in [-0.15, -0.1) is 0 Å². The summed E-state index contributed by atoms with van der Waals surface area (Å²) in [4.78, 5) is 0.751. The minimum Gasteiger partial charge on any atom is -0.315 e. The molecule has 3 unspecified atom stereocenters. The molecule has 2 heteroatoms. The van der Waals surface area contributed by atoms with Crippen LogP contribution in [0.4, 0.5) is 0 Å². The van der Waals surface area contributed by atoms with Gasteiger partial charge >= 0.3 is 0 Å². The molecule has 0 aromatic carbocycles. The first-order valence-electron chi connectivity index (χ1n) is 4.72. The Kier molecular flexibility index (Phi) is 2.52. The van der Waals surface area contributed by atoms with Crippen molar-refractivity contribution in [3.05, 3.63) is 0 Å². The zero-order valence-electron chi connectivity index (χ0n) is 6.85. The molecule has 1 N–H and O–H groups in total. The number of alkyl halides is 1. The van der Waals surface area contributed by atoms with Crippen molar-refractivity contribution in [2.75, 3.05) is 13.1 Å². The van der Waals surface area contributed by atoms with Crippen LogP contribution in [0, 0.1) is 11.8 Å². The van der Waals surface area contributed by atoms with Crippen LogP contribution in [0.25, 0.3) is 0 Å². The van der Waals surface area contributed by atoms with E-state index in [0.29, 0.717) is 0 Å². The summed E-state index contributed by atoms with van der Waals surface area (Å²) in [6, 6.07) is 0. The summed E-state index contributed by atoms with van der Waals surface area (Å²) in [6.07, 6.45) is 5.84. The minimum atomic E-state index is 0.751. The third-order valence-electron chi connectivity index (χ3n) is 3.18. The van der Waals surface area contributed by atoms with E-state index in [0.717, 1.165) is 16.7 Å². The van der Waals surface area contributed by atoms with E-state index in [4.69, 9.17) is 0 Å². The third kappa shape index (κ3) is 1.62. The van der Waals surface area contributed by atoms with Crippen molar-refractivity contribution < 1.29 is 0 Å². The summed E-state index contributed by atoms with van der Waals surface area (Å²) in [7, 11) is 0. The lowest BCUT2D eigenvalue weighted by Crippen LogP contribution is -2.45. The lowest BCUT2D eigenvalue weighted by Gasteiger charge is -2.39. The van der Waals surface area contributed by atoms with Gasteiger partial charge in [-0.25, -0.2) is 0 Å². The fourth-order valence-electron chi connectivity index (χ4n) is 2.52. The van der Waals surface area contributed by atoms with E-state index in [-0.39, 0.29) is 0 Å². The lowest BCUT2D eigenvalue weighted by molar-refractivity contribution is 0.195. The maximum Gasteiger partial charge on any atom is 0.0301 e. The van der Waals surface area contributed by atoms with Gasteiger partial charge in [0, 0.05) is 11.4 Å². The predicted octanol–water partition coefficient (Wildman–Crippen LogP) is 2.16. The Hall–Kier alpha value is 0.440. The molecular formula is C9H16BrN. The van der Waals surface area contributed by atoms with Crippen LogP contribution in [-0.4, -0.2) is 17.9 Å². The average molecular weight is 218 g/mol. The largest absolute Gasteiger partial charge is 0.315 e. The molecule has 0 radical (unpaired) electrons. The SMILES string of the molecule is BrC1CNCC2CCCCC12. The molecule has 0 amide bonds. The number of nitrogens with one attached hydrogen (secondary N) is 1. The highest BCUT2D eigenvalue weighted by atomic mass is 79.9. The smallest absolute Gasteiger partial charge is 0.0301 e. The standard InChI is InChI=1S/C9H16BrN/c10-9-6-11-5-7-3-1-2-4-8(7)9/h7-9,11H,1-6H2. The molecule has 1 aliphatic carbocycles. The summed E-state index contributed by atoms with van der Waals surface area (Å²) >= 11 is 3.77. The monoisotopic (exact) mass is 217 g/mol. The molecule has 1 saturated carbocycles. The van der Waals surface area contributed by atoms with Crippen LogP contribution in [0.3, 0.4) is 0 Å². The average Bonchev–Trinajstić information content (AvgIpc) is 2.06. The zero-order valence-corrected chi connectivity index (χ0v) is 8.44. The number of fused-ring (bicyclic) bond motifs is 1. The molecule has 0 aromatic rings. The molecule has 1 aliphatic heterocycles. The molecule has 0 spiro atoms. The molecule has 1 saturated heterocycles. The second-order valence-corrected chi connectivity index (χ2v) is 5.06. The van der Waals surface area contributed by atoms with Crippen LogP contribution in [0.15, 0.2) is 0 Å². The van der Waals surface area contributed by atoms with Crippen molar-refractivity contribution >= 4 is 15.9 Å².